The Morgan fingerprint density at radius 3 is 2.83 bits per heavy atom. The highest BCUT2D eigenvalue weighted by Gasteiger charge is 2.27. The van der Waals surface area contributed by atoms with Crippen molar-refractivity contribution >= 4 is 53.1 Å². The van der Waals surface area contributed by atoms with Crippen LogP contribution in [0.1, 0.15) is 18.7 Å². The van der Waals surface area contributed by atoms with Crippen LogP contribution in [0.25, 0.3) is 16.7 Å². The van der Waals surface area contributed by atoms with Gasteiger partial charge >= 0.3 is 0 Å². The first-order valence-corrected chi connectivity index (χ1v) is 10.5. The minimum Gasteiger partial charge on any atom is -0.343 e. The van der Waals surface area contributed by atoms with Gasteiger partial charge in [-0.05, 0) is 38.7 Å². The van der Waals surface area contributed by atoms with Crippen molar-refractivity contribution in [2.75, 3.05) is 17.7 Å². The lowest BCUT2D eigenvalue weighted by atomic mass is 10.3. The van der Waals surface area contributed by atoms with E-state index in [0.717, 1.165) is 58.2 Å². The van der Waals surface area contributed by atoms with Gasteiger partial charge in [0.1, 0.15) is 23.3 Å². The summed E-state index contributed by atoms with van der Waals surface area (Å²) in [5, 5.41) is 17.1. The summed E-state index contributed by atoms with van der Waals surface area (Å²) in [7, 11) is 3.88. The zero-order valence-corrected chi connectivity index (χ0v) is 17.7. The van der Waals surface area contributed by atoms with Crippen LogP contribution in [0.5, 0.6) is 0 Å². The van der Waals surface area contributed by atoms with Gasteiger partial charge in [-0.15, -0.1) is 0 Å². The number of anilines is 2. The molecule has 30 heavy (non-hydrogen) atoms. The minimum absolute atomic E-state index is 0.105. The molecule has 3 aromatic rings. The normalized spacial score (nSPS) is 17.7. The van der Waals surface area contributed by atoms with Crippen molar-refractivity contribution in [1.29, 1.82) is 0 Å². The van der Waals surface area contributed by atoms with E-state index < -0.39 is 0 Å². The molecule has 156 valence electrons. The third kappa shape index (κ3) is 4.10. The highest BCUT2D eigenvalue weighted by atomic mass is 32.2. The summed E-state index contributed by atoms with van der Waals surface area (Å²) in [5.41, 5.74) is 2.83. The molecule has 3 heterocycles. The molecule has 10 heteroatoms. The van der Waals surface area contributed by atoms with Crippen LogP contribution in [0.3, 0.4) is 0 Å². The maximum Gasteiger partial charge on any atom is 0.165 e. The second kappa shape index (κ2) is 8.72. The average molecular weight is 425 g/mol. The number of aromatic nitrogens is 4. The fraction of sp³-hybridized carbons (Fsp3) is 0.300. The van der Waals surface area contributed by atoms with Crippen LogP contribution in [0.15, 0.2) is 40.4 Å². The third-order valence-electron chi connectivity index (χ3n) is 4.81. The van der Waals surface area contributed by atoms with E-state index in [4.69, 9.17) is 4.98 Å². The summed E-state index contributed by atoms with van der Waals surface area (Å²) in [5.74, 6) is 2.85. The quantitative estimate of drug-likeness (QED) is 0.355. The summed E-state index contributed by atoms with van der Waals surface area (Å²) in [6, 6.07) is 8.00. The van der Waals surface area contributed by atoms with Crippen LogP contribution in [-0.2, 0) is 11.8 Å². The van der Waals surface area contributed by atoms with Crippen molar-refractivity contribution < 1.29 is 4.79 Å². The predicted molar refractivity (Wildman–Crippen MR) is 122 cm³/mol. The molecule has 1 aromatic carbocycles. The fourth-order valence-electron chi connectivity index (χ4n) is 3.02. The van der Waals surface area contributed by atoms with Gasteiger partial charge in [-0.25, -0.2) is 4.98 Å². The third-order valence-corrected chi connectivity index (χ3v) is 6.03. The first kappa shape index (κ1) is 20.2. The number of carbonyl (C=O) groups is 1. The Kier molecular flexibility index (Phi) is 5.86. The highest BCUT2D eigenvalue weighted by molar-refractivity contribution is 8.00. The Morgan fingerprint density at radius 1 is 1.40 bits per heavy atom. The number of nitrogens with zero attached hydrogens (tertiary/aromatic N) is 4. The largest absolute Gasteiger partial charge is 0.343 e. The lowest BCUT2D eigenvalue weighted by molar-refractivity contribution is -0.108. The van der Waals surface area contributed by atoms with Crippen molar-refractivity contribution in [3.8, 4) is 0 Å². The van der Waals surface area contributed by atoms with Crippen LogP contribution in [0.4, 0.5) is 11.6 Å². The molecule has 1 fully saturated rings. The van der Waals surface area contributed by atoms with Gasteiger partial charge in [0.2, 0.25) is 0 Å². The number of aromatic amines is 1. The SMILES string of the molecule is C=N/C=C(\Nc1[nH]nc2c1SC(NC)N2)c1nc2ccccc2n1C.O=CC1CC1. The van der Waals surface area contributed by atoms with Crippen molar-refractivity contribution in [2.45, 2.75) is 23.2 Å². The molecule has 1 saturated carbocycles. The van der Waals surface area contributed by atoms with Crippen molar-refractivity contribution in [3.63, 3.8) is 0 Å². The number of nitrogens with one attached hydrogen (secondary N) is 4. The van der Waals surface area contributed by atoms with Crippen molar-refractivity contribution in [1.82, 2.24) is 25.1 Å². The van der Waals surface area contributed by atoms with Gasteiger partial charge in [-0.1, -0.05) is 23.9 Å². The van der Waals surface area contributed by atoms with Gasteiger partial charge in [-0.3, -0.25) is 15.4 Å². The highest BCUT2D eigenvalue weighted by Crippen LogP contribution is 2.41. The number of fused-ring (bicyclic) bond motifs is 2. The molecule has 2 aromatic heterocycles. The number of H-pyrrole nitrogens is 1. The second-order valence-corrected chi connectivity index (χ2v) is 8.13. The molecule has 1 unspecified atom stereocenters. The van der Waals surface area contributed by atoms with Crippen molar-refractivity contribution in [2.24, 2.45) is 18.0 Å². The zero-order valence-electron chi connectivity index (χ0n) is 16.8. The molecule has 1 aliphatic carbocycles. The molecule has 0 bridgehead atoms. The number of aliphatic imine (C=N–C) groups is 1. The Bertz CT molecular complexity index is 1100. The van der Waals surface area contributed by atoms with Gasteiger partial charge in [0.15, 0.2) is 11.6 Å². The number of hydrogen-bond acceptors (Lipinski definition) is 8. The molecular formula is C20H24N8OS. The average Bonchev–Trinajstić information content (AvgIpc) is 3.29. The van der Waals surface area contributed by atoms with Crippen molar-refractivity contribution in [3.05, 3.63) is 36.3 Å². The molecule has 9 nitrogen and oxygen atoms in total. The van der Waals surface area contributed by atoms with E-state index in [2.05, 4.69) is 37.9 Å². The summed E-state index contributed by atoms with van der Waals surface area (Å²) < 4.78 is 2.03. The van der Waals surface area contributed by atoms with Crippen LogP contribution >= 0.6 is 11.8 Å². The summed E-state index contributed by atoms with van der Waals surface area (Å²) in [6.07, 6.45) is 4.98. The molecule has 0 saturated heterocycles. The van der Waals surface area contributed by atoms with E-state index in [-0.39, 0.29) is 5.50 Å². The number of thioether (sulfide) groups is 1. The number of imidazole rings is 1. The monoisotopic (exact) mass is 424 g/mol. The standard InChI is InChI=1S/C16H18N8S.C4H6O/c1-17-8-10(15-20-9-6-4-5-7-11(9)24(15)3)19-13-12-14(23-22-13)21-16(18-2)25-12;5-3-4-1-2-4/h4-8,16,18H,1H2,2-3H3,(H3,19,21,22,23);3-4H,1-2H2/b10-8-;. The van der Waals surface area contributed by atoms with E-state index in [1.807, 2.05) is 42.9 Å². The molecule has 1 aliphatic heterocycles. The van der Waals surface area contributed by atoms with E-state index in [9.17, 15) is 4.79 Å². The molecule has 0 spiro atoms. The number of aldehydes is 1. The number of carbonyl (C=O) groups excluding carboxylic acids is 1. The Labute approximate surface area is 178 Å². The molecule has 1 atom stereocenters. The maximum absolute atomic E-state index is 9.57. The summed E-state index contributed by atoms with van der Waals surface area (Å²) in [4.78, 5) is 19.2. The Balaban J connectivity index is 0.000000383. The van der Waals surface area contributed by atoms with Gasteiger partial charge in [0.25, 0.3) is 0 Å². The number of rotatable bonds is 6. The molecule has 5 rings (SSSR count). The maximum atomic E-state index is 9.57. The van der Waals surface area contributed by atoms with Crippen LogP contribution < -0.4 is 16.0 Å². The Morgan fingerprint density at radius 2 is 2.20 bits per heavy atom. The smallest absolute Gasteiger partial charge is 0.165 e. The second-order valence-electron chi connectivity index (χ2n) is 7.01. The summed E-state index contributed by atoms with van der Waals surface area (Å²) in [6.45, 7) is 3.58. The molecular weight excluding hydrogens is 400 g/mol. The van der Waals surface area contributed by atoms with Crippen LogP contribution in [0, 0.1) is 5.92 Å². The molecule has 0 radical (unpaired) electrons. The van der Waals surface area contributed by atoms with Gasteiger partial charge in [0, 0.05) is 13.0 Å². The Hall–Kier alpha value is -3.11. The number of para-hydroxylation sites is 2. The first-order chi connectivity index (χ1) is 14.6. The fourth-order valence-corrected chi connectivity index (χ4v) is 3.98. The van der Waals surface area contributed by atoms with E-state index >= 15 is 0 Å². The molecule has 0 amide bonds. The number of aryl methyl sites for hydroxylation is 1. The lowest BCUT2D eigenvalue weighted by Gasteiger charge is -2.11. The van der Waals surface area contributed by atoms with Crippen LogP contribution in [-0.4, -0.2) is 45.3 Å². The van der Waals surface area contributed by atoms with Gasteiger partial charge < -0.3 is 20.0 Å². The predicted octanol–water partition coefficient (Wildman–Crippen LogP) is 3.02. The first-order valence-electron chi connectivity index (χ1n) is 9.63. The van der Waals surface area contributed by atoms with Gasteiger partial charge in [0.05, 0.1) is 22.1 Å². The van der Waals surface area contributed by atoms with Gasteiger partial charge in [-0.2, -0.15) is 5.10 Å². The number of benzene rings is 1. The van der Waals surface area contributed by atoms with E-state index in [1.165, 1.54) is 0 Å². The van der Waals surface area contributed by atoms with E-state index in [0.29, 0.717) is 5.92 Å². The lowest BCUT2D eigenvalue weighted by Crippen LogP contribution is -2.26. The number of hydrogen-bond donors (Lipinski definition) is 4. The summed E-state index contributed by atoms with van der Waals surface area (Å²) >= 11 is 1.65. The minimum atomic E-state index is 0.105. The van der Waals surface area contributed by atoms with Crippen LogP contribution in [0.2, 0.25) is 0 Å². The molecule has 4 N–H and O–H groups in total. The molecule has 2 aliphatic rings. The zero-order chi connectivity index (χ0) is 21.1. The topological polar surface area (TPSA) is 112 Å². The van der Waals surface area contributed by atoms with E-state index in [1.54, 1.807) is 18.0 Å².